The molecule has 1 amide bonds. The maximum absolute atomic E-state index is 12.9. The zero-order chi connectivity index (χ0) is 22.9. The number of hydrogen-bond donors (Lipinski definition) is 3. The van der Waals surface area contributed by atoms with Gasteiger partial charge in [-0.05, 0) is 42.9 Å². The highest BCUT2D eigenvalue weighted by Crippen LogP contribution is 2.18. The molecule has 174 valence electrons. The topological polar surface area (TPSA) is 110 Å². The molecule has 9 nitrogen and oxygen atoms in total. The average Bonchev–Trinajstić information content (AvgIpc) is 3.37. The first-order valence-electron chi connectivity index (χ1n) is 11.8. The molecule has 0 fully saturated rings. The van der Waals surface area contributed by atoms with Crippen LogP contribution in [0, 0.1) is 5.92 Å². The van der Waals surface area contributed by atoms with Crippen LogP contribution < -0.4 is 16.0 Å². The number of pyridine rings is 1. The van der Waals surface area contributed by atoms with Crippen LogP contribution in [0.4, 0.5) is 11.8 Å². The van der Waals surface area contributed by atoms with Crippen LogP contribution in [0.3, 0.4) is 0 Å². The third-order valence-electron chi connectivity index (χ3n) is 5.86. The number of carbonyl (C=O) groups is 1. The number of fused-ring (bicyclic) bond motifs is 2. The normalized spacial score (nSPS) is 17.3. The minimum atomic E-state index is -0.213. The van der Waals surface area contributed by atoms with E-state index in [1.54, 1.807) is 23.3 Å². The van der Waals surface area contributed by atoms with Crippen LogP contribution in [-0.2, 0) is 6.54 Å². The van der Waals surface area contributed by atoms with E-state index >= 15 is 0 Å². The van der Waals surface area contributed by atoms with Crippen molar-refractivity contribution in [1.82, 2.24) is 30.0 Å². The lowest BCUT2D eigenvalue weighted by Gasteiger charge is -2.16. The molecule has 0 radical (unpaired) electrons. The summed E-state index contributed by atoms with van der Waals surface area (Å²) in [6, 6.07) is 5.65. The van der Waals surface area contributed by atoms with Crippen molar-refractivity contribution < 1.29 is 4.79 Å². The van der Waals surface area contributed by atoms with E-state index in [0.717, 1.165) is 43.2 Å². The summed E-state index contributed by atoms with van der Waals surface area (Å²) in [7, 11) is 0. The van der Waals surface area contributed by atoms with Gasteiger partial charge in [0.25, 0.3) is 5.91 Å². The Labute approximate surface area is 194 Å². The van der Waals surface area contributed by atoms with Crippen molar-refractivity contribution in [2.24, 2.45) is 5.92 Å². The molecule has 0 aromatic carbocycles. The van der Waals surface area contributed by atoms with Gasteiger partial charge in [0.1, 0.15) is 11.4 Å². The number of hydrogen-bond acceptors (Lipinski definition) is 7. The summed E-state index contributed by atoms with van der Waals surface area (Å²) in [6.45, 7) is 4.30. The van der Waals surface area contributed by atoms with Gasteiger partial charge in [0.15, 0.2) is 5.82 Å². The maximum atomic E-state index is 12.9. The Morgan fingerprint density at radius 1 is 1.09 bits per heavy atom. The van der Waals surface area contributed by atoms with Crippen molar-refractivity contribution in [3.63, 3.8) is 0 Å². The van der Waals surface area contributed by atoms with Gasteiger partial charge in [0, 0.05) is 44.4 Å². The summed E-state index contributed by atoms with van der Waals surface area (Å²) >= 11 is 0. The fourth-order valence-electron chi connectivity index (χ4n) is 3.90. The zero-order valence-corrected chi connectivity index (χ0v) is 19.1. The van der Waals surface area contributed by atoms with Crippen LogP contribution in [0.5, 0.6) is 0 Å². The Morgan fingerprint density at radius 2 is 1.97 bits per heavy atom. The molecule has 33 heavy (non-hydrogen) atoms. The van der Waals surface area contributed by atoms with Crippen LogP contribution in [0.2, 0.25) is 0 Å². The van der Waals surface area contributed by atoms with E-state index in [2.05, 4.69) is 42.9 Å². The van der Waals surface area contributed by atoms with Crippen molar-refractivity contribution >= 4 is 17.7 Å². The van der Waals surface area contributed by atoms with E-state index in [0.29, 0.717) is 23.9 Å². The van der Waals surface area contributed by atoms with Crippen molar-refractivity contribution in [1.29, 1.82) is 0 Å². The SMILES string of the molecule is CC1CCCCCNc2ncc(C(=O)NCc3ccc(-n4cccn4)nc3)c(n2)NCCC1. The predicted molar refractivity (Wildman–Crippen MR) is 128 cm³/mol. The number of aromatic nitrogens is 5. The summed E-state index contributed by atoms with van der Waals surface area (Å²) in [6.07, 6.45) is 13.9. The molecule has 1 aliphatic rings. The van der Waals surface area contributed by atoms with Crippen molar-refractivity contribution in [3.8, 4) is 5.82 Å². The van der Waals surface area contributed by atoms with Gasteiger partial charge in [-0.2, -0.15) is 10.1 Å². The van der Waals surface area contributed by atoms with Crippen LogP contribution in [0.25, 0.3) is 5.82 Å². The van der Waals surface area contributed by atoms with Crippen molar-refractivity contribution in [2.45, 2.75) is 52.0 Å². The third kappa shape index (κ3) is 6.50. The van der Waals surface area contributed by atoms with Gasteiger partial charge in [0.2, 0.25) is 5.95 Å². The zero-order valence-electron chi connectivity index (χ0n) is 19.1. The first kappa shape index (κ1) is 22.7. The highest BCUT2D eigenvalue weighted by molar-refractivity contribution is 5.98. The minimum Gasteiger partial charge on any atom is -0.369 e. The molecule has 3 aromatic rings. The molecule has 0 aliphatic carbocycles. The average molecular weight is 449 g/mol. The molecule has 3 aromatic heterocycles. The van der Waals surface area contributed by atoms with Crippen LogP contribution in [0.15, 0.2) is 43.0 Å². The van der Waals surface area contributed by atoms with Gasteiger partial charge in [-0.1, -0.05) is 32.3 Å². The molecule has 4 heterocycles. The van der Waals surface area contributed by atoms with E-state index in [4.69, 9.17) is 0 Å². The Morgan fingerprint density at radius 3 is 2.79 bits per heavy atom. The Kier molecular flexibility index (Phi) is 7.84. The smallest absolute Gasteiger partial charge is 0.256 e. The van der Waals surface area contributed by atoms with Gasteiger partial charge in [-0.15, -0.1) is 0 Å². The quantitative estimate of drug-likeness (QED) is 0.557. The molecular formula is C24H32N8O. The Hall–Kier alpha value is -3.49. The Balaban J connectivity index is 1.40. The summed E-state index contributed by atoms with van der Waals surface area (Å²) in [5.41, 5.74) is 1.35. The Bertz CT molecular complexity index is 1020. The molecule has 0 saturated heterocycles. The second kappa shape index (κ2) is 11.4. The van der Waals surface area contributed by atoms with Gasteiger partial charge < -0.3 is 16.0 Å². The molecule has 0 spiro atoms. The number of amides is 1. The van der Waals surface area contributed by atoms with Gasteiger partial charge in [-0.25, -0.2) is 14.6 Å². The molecule has 1 aliphatic heterocycles. The van der Waals surface area contributed by atoms with E-state index in [1.807, 2.05) is 24.4 Å². The molecular weight excluding hydrogens is 416 g/mol. The fraction of sp³-hybridized carbons (Fsp3) is 0.458. The third-order valence-corrected chi connectivity index (χ3v) is 5.86. The van der Waals surface area contributed by atoms with Gasteiger partial charge in [-0.3, -0.25) is 4.79 Å². The molecule has 9 heteroatoms. The number of anilines is 2. The highest BCUT2D eigenvalue weighted by Gasteiger charge is 2.15. The molecule has 0 saturated carbocycles. The monoisotopic (exact) mass is 448 g/mol. The largest absolute Gasteiger partial charge is 0.369 e. The lowest BCUT2D eigenvalue weighted by molar-refractivity contribution is 0.0951. The van der Waals surface area contributed by atoms with Crippen molar-refractivity contribution in [3.05, 3.63) is 54.1 Å². The summed E-state index contributed by atoms with van der Waals surface area (Å²) in [5, 5.41) is 13.8. The van der Waals surface area contributed by atoms with Crippen LogP contribution in [-0.4, -0.2) is 43.7 Å². The van der Waals surface area contributed by atoms with Crippen LogP contribution in [0.1, 0.15) is 61.4 Å². The number of nitrogens with zero attached hydrogens (tertiary/aromatic N) is 5. The number of carbonyl (C=O) groups excluding carboxylic acids is 1. The minimum absolute atomic E-state index is 0.213. The molecule has 1 atom stereocenters. The summed E-state index contributed by atoms with van der Waals surface area (Å²) in [4.78, 5) is 26.3. The summed E-state index contributed by atoms with van der Waals surface area (Å²) in [5.74, 6) is 2.36. The van der Waals surface area contributed by atoms with Crippen molar-refractivity contribution in [2.75, 3.05) is 23.7 Å². The van der Waals surface area contributed by atoms with E-state index < -0.39 is 0 Å². The lowest BCUT2D eigenvalue weighted by Crippen LogP contribution is -2.25. The van der Waals surface area contributed by atoms with Crippen LogP contribution >= 0.6 is 0 Å². The van der Waals surface area contributed by atoms with E-state index in [1.165, 1.54) is 25.7 Å². The molecule has 2 bridgehead atoms. The first-order chi connectivity index (χ1) is 16.2. The standard InChI is InChI=1S/C24H32N8O/c1-18-7-3-2-4-11-26-24-29-17-20(22(31-24)25-12-5-8-18)23(33)28-16-19-9-10-21(27-15-19)32-14-6-13-30-32/h6,9-10,13-15,17-18H,2-5,7-8,11-12,16H2,1H3,(H,28,33)(H2,25,26,29,31). The molecule has 4 rings (SSSR count). The second-order valence-electron chi connectivity index (χ2n) is 8.56. The number of nitrogens with one attached hydrogen (secondary N) is 3. The maximum Gasteiger partial charge on any atom is 0.256 e. The van der Waals surface area contributed by atoms with Gasteiger partial charge >= 0.3 is 0 Å². The fourth-order valence-corrected chi connectivity index (χ4v) is 3.90. The second-order valence-corrected chi connectivity index (χ2v) is 8.56. The number of rotatable bonds is 4. The van der Waals surface area contributed by atoms with E-state index in [-0.39, 0.29) is 5.91 Å². The first-order valence-corrected chi connectivity index (χ1v) is 11.8. The lowest BCUT2D eigenvalue weighted by atomic mass is 9.98. The molecule has 3 N–H and O–H groups in total. The van der Waals surface area contributed by atoms with Gasteiger partial charge in [0.05, 0.1) is 0 Å². The molecule has 1 unspecified atom stereocenters. The predicted octanol–water partition coefficient (Wildman–Crippen LogP) is 3.80. The summed E-state index contributed by atoms with van der Waals surface area (Å²) < 4.78 is 1.69. The van der Waals surface area contributed by atoms with E-state index in [9.17, 15) is 4.79 Å². The highest BCUT2D eigenvalue weighted by atomic mass is 16.1.